The van der Waals surface area contributed by atoms with Gasteiger partial charge in [-0.15, -0.1) is 0 Å². The monoisotopic (exact) mass is 270 g/mol. The van der Waals surface area contributed by atoms with Crippen molar-refractivity contribution in [3.8, 4) is 5.75 Å². The first-order valence-corrected chi connectivity index (χ1v) is 6.88. The summed E-state index contributed by atoms with van der Waals surface area (Å²) >= 11 is 0. The molecule has 20 heavy (non-hydrogen) atoms. The molecular weight excluding hydrogens is 248 g/mol. The van der Waals surface area contributed by atoms with Crippen LogP contribution in [0.15, 0.2) is 36.4 Å². The lowest BCUT2D eigenvalue weighted by Crippen LogP contribution is -2.19. The lowest BCUT2D eigenvalue weighted by molar-refractivity contribution is 0.406. The third-order valence-corrected chi connectivity index (χ3v) is 3.47. The highest BCUT2D eigenvalue weighted by Gasteiger charge is 2.13. The molecule has 1 aromatic carbocycles. The molecule has 1 heterocycles. The average Bonchev–Trinajstić information content (AvgIpc) is 2.44. The van der Waals surface area contributed by atoms with E-state index in [1.54, 1.807) is 7.11 Å². The summed E-state index contributed by atoms with van der Waals surface area (Å²) in [5.41, 5.74) is 4.59. The van der Waals surface area contributed by atoms with Crippen LogP contribution in [0.1, 0.15) is 28.6 Å². The highest BCUT2D eigenvalue weighted by atomic mass is 16.5. The minimum atomic E-state index is 0.256. The van der Waals surface area contributed by atoms with Crippen LogP contribution in [0.25, 0.3) is 0 Å². The van der Waals surface area contributed by atoms with Gasteiger partial charge < -0.3 is 10.1 Å². The second-order valence-corrected chi connectivity index (χ2v) is 5.04. The molecule has 106 valence electrons. The Kier molecular flexibility index (Phi) is 4.74. The van der Waals surface area contributed by atoms with E-state index < -0.39 is 0 Å². The van der Waals surface area contributed by atoms with Gasteiger partial charge in [-0.05, 0) is 56.6 Å². The summed E-state index contributed by atoms with van der Waals surface area (Å²) in [4.78, 5) is 4.44. The first kappa shape index (κ1) is 14.5. The molecule has 0 saturated carbocycles. The van der Waals surface area contributed by atoms with Gasteiger partial charge in [0.1, 0.15) is 5.75 Å². The van der Waals surface area contributed by atoms with Gasteiger partial charge in [0, 0.05) is 17.4 Å². The maximum atomic E-state index is 5.43. The number of hydrogen-bond acceptors (Lipinski definition) is 3. The number of nitrogens with one attached hydrogen (secondary N) is 1. The molecule has 1 atom stereocenters. The van der Waals surface area contributed by atoms with E-state index in [0.717, 1.165) is 23.6 Å². The maximum Gasteiger partial charge on any atom is 0.122 e. The summed E-state index contributed by atoms with van der Waals surface area (Å²) in [7, 11) is 3.71. The number of rotatable bonds is 5. The Bertz CT molecular complexity index is 561. The molecule has 2 aromatic rings. The van der Waals surface area contributed by atoms with Crippen LogP contribution in [-0.4, -0.2) is 19.1 Å². The standard InChI is InChI=1S/C17H22N2O/c1-12-9-15(10-13(2)19-12)16(18-3)11-14-7-5-6-8-17(14)20-4/h5-10,16,18H,11H2,1-4H3. The first-order valence-electron chi connectivity index (χ1n) is 6.88. The zero-order valence-electron chi connectivity index (χ0n) is 12.6. The fourth-order valence-electron chi connectivity index (χ4n) is 2.55. The van der Waals surface area contributed by atoms with Crippen LogP contribution in [0.3, 0.4) is 0 Å². The van der Waals surface area contributed by atoms with Gasteiger partial charge in [0.25, 0.3) is 0 Å². The molecule has 0 aliphatic rings. The minimum Gasteiger partial charge on any atom is -0.496 e. The third-order valence-electron chi connectivity index (χ3n) is 3.47. The molecule has 0 fully saturated rings. The number of methoxy groups -OCH3 is 1. The number of benzene rings is 1. The van der Waals surface area contributed by atoms with Crippen molar-refractivity contribution >= 4 is 0 Å². The Morgan fingerprint density at radius 2 is 1.80 bits per heavy atom. The van der Waals surface area contributed by atoms with Crippen molar-refractivity contribution < 1.29 is 4.74 Å². The fourth-order valence-corrected chi connectivity index (χ4v) is 2.55. The molecule has 0 bridgehead atoms. The van der Waals surface area contributed by atoms with E-state index in [1.165, 1.54) is 11.1 Å². The van der Waals surface area contributed by atoms with Gasteiger partial charge in [-0.2, -0.15) is 0 Å². The molecule has 1 N–H and O–H groups in total. The molecule has 0 aliphatic carbocycles. The van der Waals surface area contributed by atoms with Crippen molar-refractivity contribution in [2.75, 3.05) is 14.2 Å². The summed E-state index contributed by atoms with van der Waals surface area (Å²) in [5, 5.41) is 3.39. The van der Waals surface area contributed by atoms with Gasteiger partial charge in [-0.1, -0.05) is 18.2 Å². The number of aryl methyl sites for hydroxylation is 2. The normalized spacial score (nSPS) is 12.2. The van der Waals surface area contributed by atoms with E-state index in [9.17, 15) is 0 Å². The lowest BCUT2D eigenvalue weighted by atomic mass is 9.98. The second-order valence-electron chi connectivity index (χ2n) is 5.04. The van der Waals surface area contributed by atoms with Gasteiger partial charge in [-0.3, -0.25) is 4.98 Å². The third kappa shape index (κ3) is 3.36. The van der Waals surface area contributed by atoms with Crippen molar-refractivity contribution in [1.29, 1.82) is 0 Å². The first-order chi connectivity index (χ1) is 9.63. The Labute approximate surface area is 121 Å². The highest BCUT2D eigenvalue weighted by molar-refractivity contribution is 5.35. The van der Waals surface area contributed by atoms with E-state index >= 15 is 0 Å². The van der Waals surface area contributed by atoms with Crippen molar-refractivity contribution in [2.45, 2.75) is 26.3 Å². The van der Waals surface area contributed by atoms with E-state index in [4.69, 9.17) is 4.74 Å². The van der Waals surface area contributed by atoms with Crippen molar-refractivity contribution in [1.82, 2.24) is 10.3 Å². The summed E-state index contributed by atoms with van der Waals surface area (Å²) < 4.78 is 5.43. The molecule has 1 aromatic heterocycles. The number of hydrogen-bond donors (Lipinski definition) is 1. The minimum absolute atomic E-state index is 0.256. The molecule has 0 spiro atoms. The quantitative estimate of drug-likeness (QED) is 0.906. The topological polar surface area (TPSA) is 34.1 Å². The number of ether oxygens (including phenoxy) is 1. The predicted molar refractivity (Wildman–Crippen MR) is 82.2 cm³/mol. The smallest absolute Gasteiger partial charge is 0.122 e. The van der Waals surface area contributed by atoms with Crippen LogP contribution >= 0.6 is 0 Å². The van der Waals surface area contributed by atoms with Gasteiger partial charge in [0.2, 0.25) is 0 Å². The van der Waals surface area contributed by atoms with Gasteiger partial charge in [0.05, 0.1) is 7.11 Å². The summed E-state index contributed by atoms with van der Waals surface area (Å²) in [6, 6.07) is 12.7. The van der Waals surface area contributed by atoms with Gasteiger partial charge in [-0.25, -0.2) is 0 Å². The molecule has 3 heteroatoms. The lowest BCUT2D eigenvalue weighted by Gasteiger charge is -2.19. The van der Waals surface area contributed by atoms with Crippen molar-refractivity contribution in [3.05, 3.63) is 58.9 Å². The Balaban J connectivity index is 2.28. The van der Waals surface area contributed by atoms with Crippen molar-refractivity contribution in [2.24, 2.45) is 0 Å². The molecule has 0 saturated heterocycles. The largest absolute Gasteiger partial charge is 0.496 e. The predicted octanol–water partition coefficient (Wildman–Crippen LogP) is 3.21. The maximum absolute atomic E-state index is 5.43. The zero-order chi connectivity index (χ0) is 14.5. The molecule has 3 nitrogen and oxygen atoms in total. The van der Waals surface area contributed by atoms with E-state index in [1.807, 2.05) is 39.1 Å². The fraction of sp³-hybridized carbons (Fsp3) is 0.353. The van der Waals surface area contributed by atoms with Crippen LogP contribution < -0.4 is 10.1 Å². The summed E-state index contributed by atoms with van der Waals surface area (Å²) in [6.45, 7) is 4.07. The zero-order valence-corrected chi connectivity index (χ0v) is 12.6. The number of aromatic nitrogens is 1. The van der Waals surface area contributed by atoms with E-state index in [2.05, 4.69) is 28.5 Å². The molecule has 0 aliphatic heterocycles. The molecule has 0 radical (unpaired) electrons. The Morgan fingerprint density at radius 3 is 2.40 bits per heavy atom. The molecular formula is C17H22N2O. The number of likely N-dealkylation sites (N-methyl/N-ethyl adjacent to an activating group) is 1. The van der Waals surface area contributed by atoms with E-state index in [0.29, 0.717) is 0 Å². The number of nitrogens with zero attached hydrogens (tertiary/aromatic N) is 1. The van der Waals surface area contributed by atoms with Crippen LogP contribution in [0.4, 0.5) is 0 Å². The Morgan fingerprint density at radius 1 is 1.15 bits per heavy atom. The molecule has 1 unspecified atom stereocenters. The SMILES string of the molecule is CNC(Cc1ccccc1OC)c1cc(C)nc(C)c1. The van der Waals surface area contributed by atoms with Gasteiger partial charge in [0.15, 0.2) is 0 Å². The van der Waals surface area contributed by atoms with Crippen LogP contribution in [-0.2, 0) is 6.42 Å². The number of pyridine rings is 1. The Hall–Kier alpha value is -1.87. The average molecular weight is 270 g/mol. The van der Waals surface area contributed by atoms with Crippen LogP contribution in [0.2, 0.25) is 0 Å². The van der Waals surface area contributed by atoms with Gasteiger partial charge >= 0.3 is 0 Å². The summed E-state index contributed by atoms with van der Waals surface area (Å²) in [6.07, 6.45) is 0.892. The van der Waals surface area contributed by atoms with Crippen molar-refractivity contribution in [3.63, 3.8) is 0 Å². The van der Waals surface area contributed by atoms with Crippen LogP contribution in [0.5, 0.6) is 5.75 Å². The van der Waals surface area contributed by atoms with Crippen LogP contribution in [0, 0.1) is 13.8 Å². The molecule has 2 rings (SSSR count). The van der Waals surface area contributed by atoms with E-state index in [-0.39, 0.29) is 6.04 Å². The second kappa shape index (κ2) is 6.53. The highest BCUT2D eigenvalue weighted by Crippen LogP contribution is 2.25. The number of para-hydroxylation sites is 1. The molecule has 0 amide bonds. The summed E-state index contributed by atoms with van der Waals surface area (Å²) in [5.74, 6) is 0.940.